The molecule has 0 saturated carbocycles. The Morgan fingerprint density at radius 2 is 1.78 bits per heavy atom. The summed E-state index contributed by atoms with van der Waals surface area (Å²) in [6, 6.07) is 24.7. The van der Waals surface area contributed by atoms with Crippen molar-refractivity contribution < 1.29 is 9.53 Å². The molecule has 1 aromatic heterocycles. The van der Waals surface area contributed by atoms with Crippen molar-refractivity contribution in [2.75, 3.05) is 13.2 Å². The number of carbonyl (C=O) groups excluding carboxylic acids is 1. The van der Waals surface area contributed by atoms with Crippen LogP contribution in [-0.4, -0.2) is 28.6 Å². The summed E-state index contributed by atoms with van der Waals surface area (Å²) in [4.78, 5) is 17.2. The second-order valence-corrected chi connectivity index (χ2v) is 8.13. The highest BCUT2D eigenvalue weighted by atomic mass is 16.5. The minimum absolute atomic E-state index is 0.00112. The maximum Gasteiger partial charge on any atom is 0.257 e. The van der Waals surface area contributed by atoms with Crippen molar-refractivity contribution in [3.63, 3.8) is 0 Å². The van der Waals surface area contributed by atoms with Crippen LogP contribution in [0, 0.1) is 13.8 Å². The molecule has 32 heavy (non-hydrogen) atoms. The standard InChI is InChI=1S/C27H29N3O2/c1-19-13-14-20(2)25(17-19)32-18-27(31)28-16-15-26-29-23-11-7-8-12-24(23)30(26)21(3)22-9-5-4-6-10-22/h4-14,17,21H,15-16,18H2,1-3H3,(H,28,31). The molecule has 1 atom stereocenters. The molecule has 0 aliphatic carbocycles. The van der Waals surface area contributed by atoms with Gasteiger partial charge in [0.25, 0.3) is 5.91 Å². The van der Waals surface area contributed by atoms with Crippen LogP contribution in [0.25, 0.3) is 11.0 Å². The number of nitrogens with zero attached hydrogens (tertiary/aromatic N) is 2. The van der Waals surface area contributed by atoms with Crippen LogP contribution in [0.3, 0.4) is 0 Å². The normalized spacial score (nSPS) is 12.0. The van der Waals surface area contributed by atoms with E-state index in [4.69, 9.17) is 9.72 Å². The molecule has 0 radical (unpaired) electrons. The number of rotatable bonds is 8. The smallest absolute Gasteiger partial charge is 0.257 e. The van der Waals surface area contributed by atoms with Crippen molar-refractivity contribution in [2.24, 2.45) is 0 Å². The number of hydrogen-bond acceptors (Lipinski definition) is 3. The predicted octanol–water partition coefficient (Wildman–Crippen LogP) is 5.00. The largest absolute Gasteiger partial charge is 0.483 e. The quantitative estimate of drug-likeness (QED) is 0.431. The summed E-state index contributed by atoms with van der Waals surface area (Å²) < 4.78 is 7.98. The topological polar surface area (TPSA) is 56.1 Å². The first-order valence-electron chi connectivity index (χ1n) is 11.0. The second-order valence-electron chi connectivity index (χ2n) is 8.13. The lowest BCUT2D eigenvalue weighted by Crippen LogP contribution is -2.31. The van der Waals surface area contributed by atoms with E-state index in [0.29, 0.717) is 13.0 Å². The summed E-state index contributed by atoms with van der Waals surface area (Å²) in [6.45, 7) is 6.67. The molecule has 164 valence electrons. The molecule has 0 spiro atoms. The third-order valence-electron chi connectivity index (χ3n) is 5.71. The average molecular weight is 428 g/mol. The molecule has 1 N–H and O–H groups in total. The van der Waals surface area contributed by atoms with Gasteiger partial charge in [0.15, 0.2) is 6.61 Å². The van der Waals surface area contributed by atoms with Gasteiger partial charge in [-0.15, -0.1) is 0 Å². The highest BCUT2D eigenvalue weighted by Gasteiger charge is 2.17. The van der Waals surface area contributed by atoms with E-state index in [0.717, 1.165) is 33.7 Å². The fourth-order valence-electron chi connectivity index (χ4n) is 3.95. The van der Waals surface area contributed by atoms with E-state index < -0.39 is 0 Å². The van der Waals surface area contributed by atoms with E-state index in [9.17, 15) is 4.79 Å². The first-order chi connectivity index (χ1) is 15.5. The maximum absolute atomic E-state index is 12.4. The molecular formula is C27H29N3O2. The lowest BCUT2D eigenvalue weighted by Gasteiger charge is -2.18. The predicted molar refractivity (Wildman–Crippen MR) is 128 cm³/mol. The van der Waals surface area contributed by atoms with Crippen LogP contribution >= 0.6 is 0 Å². The molecule has 0 aliphatic heterocycles. The number of carbonyl (C=O) groups is 1. The van der Waals surface area contributed by atoms with Gasteiger partial charge >= 0.3 is 0 Å². The zero-order chi connectivity index (χ0) is 22.5. The molecule has 0 fully saturated rings. The van der Waals surface area contributed by atoms with Gasteiger partial charge < -0.3 is 14.6 Å². The molecule has 0 saturated heterocycles. The fraction of sp³-hybridized carbons (Fsp3) is 0.259. The van der Waals surface area contributed by atoms with E-state index in [1.165, 1.54) is 5.56 Å². The summed E-state index contributed by atoms with van der Waals surface area (Å²) in [5.41, 5.74) is 5.42. The van der Waals surface area contributed by atoms with Gasteiger partial charge in [-0.3, -0.25) is 4.79 Å². The first-order valence-corrected chi connectivity index (χ1v) is 11.0. The van der Waals surface area contributed by atoms with Crippen molar-refractivity contribution >= 4 is 16.9 Å². The highest BCUT2D eigenvalue weighted by Crippen LogP contribution is 2.26. The van der Waals surface area contributed by atoms with Gasteiger partial charge in [-0.25, -0.2) is 4.98 Å². The Hall–Kier alpha value is -3.60. The summed E-state index contributed by atoms with van der Waals surface area (Å²) >= 11 is 0. The molecule has 0 bridgehead atoms. The molecule has 4 rings (SSSR count). The number of aromatic nitrogens is 2. The Morgan fingerprint density at radius 3 is 2.59 bits per heavy atom. The molecule has 4 aromatic rings. The average Bonchev–Trinajstić information content (AvgIpc) is 3.18. The molecule has 3 aromatic carbocycles. The fourth-order valence-corrected chi connectivity index (χ4v) is 3.95. The van der Waals surface area contributed by atoms with Crippen LogP contribution in [0.2, 0.25) is 0 Å². The number of amides is 1. The van der Waals surface area contributed by atoms with Gasteiger partial charge in [0.2, 0.25) is 0 Å². The van der Waals surface area contributed by atoms with Crippen molar-refractivity contribution in [1.29, 1.82) is 0 Å². The van der Waals surface area contributed by atoms with E-state index >= 15 is 0 Å². The SMILES string of the molecule is Cc1ccc(C)c(OCC(=O)NCCc2nc3ccccc3n2C(C)c2ccccc2)c1. The molecule has 1 heterocycles. The van der Waals surface area contributed by atoms with E-state index in [-0.39, 0.29) is 18.6 Å². The van der Waals surface area contributed by atoms with Crippen molar-refractivity contribution in [2.45, 2.75) is 33.2 Å². The second kappa shape index (κ2) is 9.69. The van der Waals surface area contributed by atoms with Crippen molar-refractivity contribution in [1.82, 2.24) is 14.9 Å². The van der Waals surface area contributed by atoms with Crippen LogP contribution < -0.4 is 10.1 Å². The first kappa shape index (κ1) is 21.6. The summed E-state index contributed by atoms with van der Waals surface area (Å²) in [7, 11) is 0. The summed E-state index contributed by atoms with van der Waals surface area (Å²) in [5.74, 6) is 1.57. The molecule has 5 heteroatoms. The summed E-state index contributed by atoms with van der Waals surface area (Å²) in [6.07, 6.45) is 0.640. The lowest BCUT2D eigenvalue weighted by molar-refractivity contribution is -0.123. The molecule has 5 nitrogen and oxygen atoms in total. The third kappa shape index (κ3) is 4.83. The maximum atomic E-state index is 12.4. The summed E-state index contributed by atoms with van der Waals surface area (Å²) in [5, 5.41) is 2.97. The molecular weight excluding hydrogens is 398 g/mol. The van der Waals surface area contributed by atoms with Gasteiger partial charge in [0, 0.05) is 13.0 Å². The number of benzene rings is 3. The lowest BCUT2D eigenvalue weighted by atomic mass is 10.1. The van der Waals surface area contributed by atoms with Crippen LogP contribution in [-0.2, 0) is 11.2 Å². The van der Waals surface area contributed by atoms with Gasteiger partial charge in [-0.05, 0) is 55.7 Å². The Kier molecular flexibility index (Phi) is 6.55. The van der Waals surface area contributed by atoms with Gasteiger partial charge in [0.1, 0.15) is 11.6 Å². The minimum Gasteiger partial charge on any atom is -0.483 e. The number of aryl methyl sites for hydroxylation is 2. The van der Waals surface area contributed by atoms with Gasteiger partial charge in [-0.2, -0.15) is 0 Å². The number of para-hydroxylation sites is 2. The number of nitrogens with one attached hydrogen (secondary N) is 1. The van der Waals surface area contributed by atoms with Gasteiger partial charge in [0.05, 0.1) is 17.1 Å². The Labute approximate surface area is 189 Å². The Balaban J connectivity index is 1.43. The number of fused-ring (bicyclic) bond motifs is 1. The molecule has 1 amide bonds. The molecule has 0 aliphatic rings. The minimum atomic E-state index is -0.135. The number of hydrogen-bond donors (Lipinski definition) is 1. The van der Waals surface area contributed by atoms with Crippen molar-refractivity contribution in [3.8, 4) is 5.75 Å². The van der Waals surface area contributed by atoms with E-state index in [1.54, 1.807) is 0 Å². The Bertz CT molecular complexity index is 1210. The van der Waals surface area contributed by atoms with Gasteiger partial charge in [-0.1, -0.05) is 54.6 Å². The van der Waals surface area contributed by atoms with Crippen LogP contribution in [0.15, 0.2) is 72.8 Å². The highest BCUT2D eigenvalue weighted by molar-refractivity contribution is 5.78. The monoisotopic (exact) mass is 427 g/mol. The zero-order valence-corrected chi connectivity index (χ0v) is 18.8. The Morgan fingerprint density at radius 1 is 1.03 bits per heavy atom. The van der Waals surface area contributed by atoms with Crippen LogP contribution in [0.1, 0.15) is 35.5 Å². The van der Waals surface area contributed by atoms with E-state index in [1.807, 2.05) is 56.3 Å². The number of imidazole rings is 1. The van der Waals surface area contributed by atoms with Crippen LogP contribution in [0.4, 0.5) is 0 Å². The zero-order valence-electron chi connectivity index (χ0n) is 18.8. The number of ether oxygens (including phenoxy) is 1. The third-order valence-corrected chi connectivity index (χ3v) is 5.71. The van der Waals surface area contributed by atoms with Crippen LogP contribution in [0.5, 0.6) is 5.75 Å². The molecule has 1 unspecified atom stereocenters. The van der Waals surface area contributed by atoms with E-state index in [2.05, 4.69) is 47.1 Å². The van der Waals surface area contributed by atoms with Crippen molar-refractivity contribution in [3.05, 3.63) is 95.3 Å².